The van der Waals surface area contributed by atoms with Crippen LogP contribution in [0.15, 0.2) is 34.1 Å². The summed E-state index contributed by atoms with van der Waals surface area (Å²) in [6.45, 7) is 0. The molecular formula is C12H6Cl2N2O5S. The molecule has 0 amide bonds. The average Bonchev–Trinajstić information content (AvgIpc) is 2.78. The van der Waals surface area contributed by atoms with Crippen LogP contribution in [0, 0.1) is 0 Å². The van der Waals surface area contributed by atoms with Crippen LogP contribution in [-0.4, -0.2) is 29.8 Å². The Labute approximate surface area is 133 Å². The minimum Gasteiger partial charge on any atom is -0.463 e. The first kappa shape index (κ1) is 15.0. The van der Waals surface area contributed by atoms with Crippen LogP contribution >= 0.6 is 23.2 Å². The minimum atomic E-state index is -4.26. The van der Waals surface area contributed by atoms with Gasteiger partial charge in [-0.25, -0.2) is 13.5 Å². The highest BCUT2D eigenvalue weighted by atomic mass is 35.5. The molecule has 1 aliphatic rings. The number of nitrogens with one attached hydrogen (secondary N) is 1. The summed E-state index contributed by atoms with van der Waals surface area (Å²) >= 11 is 11.7. The molecule has 2 heterocycles. The number of fused-ring (bicyclic) bond motifs is 1. The summed E-state index contributed by atoms with van der Waals surface area (Å²) in [5, 5.41) is 5.13. The van der Waals surface area contributed by atoms with Crippen molar-refractivity contribution in [3.05, 3.63) is 50.2 Å². The Morgan fingerprint density at radius 1 is 1.18 bits per heavy atom. The lowest BCUT2D eigenvalue weighted by Crippen LogP contribution is -2.32. The van der Waals surface area contributed by atoms with Crippen molar-refractivity contribution in [2.75, 3.05) is 0 Å². The fourth-order valence-electron chi connectivity index (χ4n) is 1.95. The second-order valence-electron chi connectivity index (χ2n) is 4.38. The number of ketones is 1. The number of aromatic amines is 1. The summed E-state index contributed by atoms with van der Waals surface area (Å²) in [4.78, 5) is 23.2. The predicted octanol–water partition coefficient (Wildman–Crippen LogP) is 1.45. The molecule has 1 aliphatic heterocycles. The van der Waals surface area contributed by atoms with Crippen molar-refractivity contribution in [2.45, 2.75) is 10.5 Å². The average molecular weight is 361 g/mol. The number of aromatic nitrogens is 2. The van der Waals surface area contributed by atoms with E-state index in [0.29, 0.717) is 0 Å². The summed E-state index contributed by atoms with van der Waals surface area (Å²) in [5.74, 6) is -0.846. The van der Waals surface area contributed by atoms with Gasteiger partial charge in [0.2, 0.25) is 15.6 Å². The number of Topliss-reactive ketones (excluding diaryl/α,β-unsaturated/α-hetero) is 1. The van der Waals surface area contributed by atoms with E-state index in [9.17, 15) is 18.0 Å². The zero-order valence-electron chi connectivity index (χ0n) is 10.5. The Morgan fingerprint density at radius 2 is 1.91 bits per heavy atom. The molecule has 0 aliphatic carbocycles. The monoisotopic (exact) mass is 360 g/mol. The Balaban J connectivity index is 2.08. The molecule has 114 valence electrons. The van der Waals surface area contributed by atoms with Crippen molar-refractivity contribution in [3.63, 3.8) is 0 Å². The highest BCUT2D eigenvalue weighted by Crippen LogP contribution is 2.40. The van der Waals surface area contributed by atoms with E-state index in [4.69, 9.17) is 27.9 Å². The molecule has 1 aromatic heterocycles. The molecule has 0 spiro atoms. The molecule has 0 radical (unpaired) electrons. The molecule has 7 nitrogen and oxygen atoms in total. The number of H-pyrrole nitrogens is 1. The number of carbonyl (C=O) groups excluding carboxylic acids is 1. The number of ether oxygens (including phenoxy) is 1. The molecule has 1 aromatic carbocycles. The van der Waals surface area contributed by atoms with Gasteiger partial charge in [-0.05, 0) is 18.2 Å². The quantitative estimate of drug-likeness (QED) is 0.868. The van der Waals surface area contributed by atoms with E-state index in [1.807, 2.05) is 5.10 Å². The van der Waals surface area contributed by atoms with Crippen molar-refractivity contribution >= 4 is 38.8 Å². The number of hydrogen-bond acceptors (Lipinski definition) is 6. The summed E-state index contributed by atoms with van der Waals surface area (Å²) in [6, 6.07) is 4.59. The smallest absolute Gasteiger partial charge is 0.267 e. The standard InChI is InChI=1S/C12H6Cl2N2O5S/c13-5-3-6-10(18)12(21-11(6)7(14)4-5)22(19,20)9-2-1-8(17)15-16-9/h1-4,12H,(H,15,17). The SMILES string of the molecule is O=C1c2cc(Cl)cc(Cl)c2OC1S(=O)(=O)c1ccc(=O)[nH]n1. The zero-order chi connectivity index (χ0) is 16.1. The van der Waals surface area contributed by atoms with E-state index in [1.165, 1.54) is 12.1 Å². The van der Waals surface area contributed by atoms with Gasteiger partial charge in [-0.2, -0.15) is 5.10 Å². The van der Waals surface area contributed by atoms with Crippen LogP contribution in [-0.2, 0) is 9.84 Å². The minimum absolute atomic E-state index is 0.0181. The molecular weight excluding hydrogens is 355 g/mol. The van der Waals surface area contributed by atoms with Gasteiger partial charge in [0, 0.05) is 11.1 Å². The van der Waals surface area contributed by atoms with Crippen LogP contribution in [0.3, 0.4) is 0 Å². The fraction of sp³-hybridized carbons (Fsp3) is 0.0833. The summed E-state index contributed by atoms with van der Waals surface area (Å²) in [6.07, 6.45) is 0. The van der Waals surface area contributed by atoms with Crippen molar-refractivity contribution in [3.8, 4) is 5.75 Å². The number of halogens is 2. The third-order valence-corrected chi connectivity index (χ3v) is 5.12. The zero-order valence-corrected chi connectivity index (χ0v) is 12.9. The lowest BCUT2D eigenvalue weighted by atomic mass is 10.1. The first-order valence-electron chi connectivity index (χ1n) is 5.80. The van der Waals surface area contributed by atoms with Gasteiger partial charge in [-0.1, -0.05) is 23.2 Å². The lowest BCUT2D eigenvalue weighted by molar-refractivity contribution is 0.0930. The summed E-state index contributed by atoms with van der Waals surface area (Å²) in [5.41, 5.74) is -2.41. The van der Waals surface area contributed by atoms with E-state index >= 15 is 0 Å². The summed E-state index contributed by atoms with van der Waals surface area (Å²) in [7, 11) is -4.26. The van der Waals surface area contributed by atoms with Gasteiger partial charge in [0.25, 0.3) is 11.0 Å². The van der Waals surface area contributed by atoms with E-state index in [-0.39, 0.29) is 21.4 Å². The Kier molecular flexibility index (Phi) is 3.47. The Hall–Kier alpha value is -1.90. The van der Waals surface area contributed by atoms with Crippen LogP contribution in [0.4, 0.5) is 0 Å². The number of carbonyl (C=O) groups is 1. The van der Waals surface area contributed by atoms with Crippen LogP contribution in [0.2, 0.25) is 10.0 Å². The molecule has 0 saturated carbocycles. The first-order chi connectivity index (χ1) is 10.3. The molecule has 0 bridgehead atoms. The number of sulfone groups is 1. The molecule has 1 N–H and O–H groups in total. The van der Waals surface area contributed by atoms with E-state index < -0.39 is 31.6 Å². The van der Waals surface area contributed by atoms with Gasteiger partial charge in [0.15, 0.2) is 10.8 Å². The third kappa shape index (κ3) is 2.29. The molecule has 10 heteroatoms. The van der Waals surface area contributed by atoms with Crippen molar-refractivity contribution in [2.24, 2.45) is 0 Å². The normalized spacial score (nSPS) is 17.2. The fourth-order valence-corrected chi connectivity index (χ4v) is 3.77. The topological polar surface area (TPSA) is 106 Å². The molecule has 1 atom stereocenters. The van der Waals surface area contributed by atoms with Gasteiger partial charge in [-0.3, -0.25) is 9.59 Å². The lowest BCUT2D eigenvalue weighted by Gasteiger charge is -2.09. The first-order valence-corrected chi connectivity index (χ1v) is 8.10. The van der Waals surface area contributed by atoms with Gasteiger partial charge in [0.05, 0.1) is 10.6 Å². The third-order valence-electron chi connectivity index (χ3n) is 2.94. The van der Waals surface area contributed by atoms with E-state index in [1.54, 1.807) is 0 Å². The van der Waals surface area contributed by atoms with Crippen LogP contribution < -0.4 is 10.3 Å². The number of hydrogen-bond donors (Lipinski definition) is 1. The number of benzene rings is 1. The molecule has 22 heavy (non-hydrogen) atoms. The Morgan fingerprint density at radius 3 is 2.55 bits per heavy atom. The van der Waals surface area contributed by atoms with E-state index in [0.717, 1.165) is 12.1 Å². The van der Waals surface area contributed by atoms with Gasteiger partial charge in [-0.15, -0.1) is 0 Å². The molecule has 2 aromatic rings. The summed E-state index contributed by atoms with van der Waals surface area (Å²) < 4.78 is 30.0. The predicted molar refractivity (Wildman–Crippen MR) is 77.3 cm³/mol. The number of nitrogens with zero attached hydrogens (tertiary/aromatic N) is 1. The van der Waals surface area contributed by atoms with Crippen molar-refractivity contribution in [1.29, 1.82) is 0 Å². The molecule has 0 fully saturated rings. The Bertz CT molecular complexity index is 934. The molecule has 3 rings (SSSR count). The highest BCUT2D eigenvalue weighted by Gasteiger charge is 2.45. The highest BCUT2D eigenvalue weighted by molar-refractivity contribution is 7.92. The maximum Gasteiger partial charge on any atom is 0.267 e. The van der Waals surface area contributed by atoms with Crippen LogP contribution in [0.25, 0.3) is 0 Å². The molecule has 0 saturated heterocycles. The largest absolute Gasteiger partial charge is 0.463 e. The van der Waals surface area contributed by atoms with Gasteiger partial charge >= 0.3 is 0 Å². The van der Waals surface area contributed by atoms with Gasteiger partial charge in [0.1, 0.15) is 0 Å². The second kappa shape index (κ2) is 5.08. The maximum absolute atomic E-state index is 12.4. The van der Waals surface area contributed by atoms with Crippen molar-refractivity contribution < 1.29 is 17.9 Å². The van der Waals surface area contributed by atoms with Crippen LogP contribution in [0.1, 0.15) is 10.4 Å². The van der Waals surface area contributed by atoms with Gasteiger partial charge < -0.3 is 4.74 Å². The van der Waals surface area contributed by atoms with Crippen molar-refractivity contribution in [1.82, 2.24) is 10.2 Å². The second-order valence-corrected chi connectivity index (χ2v) is 7.16. The number of rotatable bonds is 2. The maximum atomic E-state index is 12.4. The van der Waals surface area contributed by atoms with Crippen LogP contribution in [0.5, 0.6) is 5.75 Å². The molecule has 1 unspecified atom stereocenters. The van der Waals surface area contributed by atoms with E-state index in [2.05, 4.69) is 5.10 Å².